The molecule has 0 saturated carbocycles. The third-order valence-corrected chi connectivity index (χ3v) is 4.66. The van der Waals surface area contributed by atoms with Crippen LogP contribution in [0.3, 0.4) is 0 Å². The van der Waals surface area contributed by atoms with E-state index in [1.54, 1.807) is 16.3 Å². The molecule has 1 unspecified atom stereocenters. The van der Waals surface area contributed by atoms with Gasteiger partial charge in [-0.25, -0.2) is 0 Å². The van der Waals surface area contributed by atoms with E-state index in [1.807, 2.05) is 0 Å². The largest absolute Gasteiger partial charge is 0.0819 e. The molecule has 11 heavy (non-hydrogen) atoms. The van der Waals surface area contributed by atoms with E-state index in [4.69, 9.17) is 0 Å². The topological polar surface area (TPSA) is 0 Å². The third kappa shape index (κ3) is 1.84. The van der Waals surface area contributed by atoms with Gasteiger partial charge in [0.25, 0.3) is 0 Å². The Morgan fingerprint density at radius 2 is 1.55 bits per heavy atom. The van der Waals surface area contributed by atoms with Crippen molar-refractivity contribution in [3.8, 4) is 0 Å². The van der Waals surface area contributed by atoms with Crippen LogP contribution in [-0.2, 0) is 26.2 Å². The van der Waals surface area contributed by atoms with Crippen LogP contribution in [-0.4, -0.2) is 10.2 Å². The van der Waals surface area contributed by atoms with Gasteiger partial charge in [0.15, 0.2) is 0 Å². The van der Waals surface area contributed by atoms with Crippen LogP contribution in [0.15, 0.2) is 21.9 Å². The molecule has 0 aromatic carbocycles. The first-order valence-electron chi connectivity index (χ1n) is 3.90. The first-order valence-corrected chi connectivity index (χ1v) is 4.90. The predicted octanol–water partition coefficient (Wildman–Crippen LogP) is 1.61. The molecule has 1 rings (SSSR count). The minimum Gasteiger partial charge on any atom is -0.0819 e. The van der Waals surface area contributed by atoms with Crippen molar-refractivity contribution in [2.75, 3.05) is 0 Å². The Morgan fingerprint density at radius 1 is 1.09 bits per heavy atom. The van der Waals surface area contributed by atoms with E-state index in [-0.39, 0.29) is 26.2 Å². The molecule has 0 aromatic rings. The van der Waals surface area contributed by atoms with E-state index in [1.165, 1.54) is 15.8 Å². The molecule has 0 heterocycles. The predicted molar refractivity (Wildman–Crippen MR) is 50.2 cm³/mol. The van der Waals surface area contributed by atoms with Crippen molar-refractivity contribution in [2.24, 2.45) is 5.92 Å². The van der Waals surface area contributed by atoms with Gasteiger partial charge in [-0.1, -0.05) is 23.3 Å². The maximum Gasteiger partial charge on any atom is 0.0344 e. The average molecular weight is 244 g/mol. The summed E-state index contributed by atoms with van der Waals surface area (Å²) in [7, 11) is 1.23. The van der Waals surface area contributed by atoms with Gasteiger partial charge in [0.2, 0.25) is 0 Å². The minimum absolute atomic E-state index is 0. The first-order chi connectivity index (χ1) is 4.55. The van der Waals surface area contributed by atoms with Crippen molar-refractivity contribution in [1.29, 1.82) is 0 Å². The summed E-state index contributed by atoms with van der Waals surface area (Å²) < 4.78 is 0. The fraction of sp³-hybridized carbons (Fsp3) is 0.556. The number of hydrogen-bond donors (Lipinski definition) is 0. The molecular formula is C9H16SiZr. The summed E-state index contributed by atoms with van der Waals surface area (Å²) in [5.41, 5.74) is 4.69. The molecule has 2 heteroatoms. The van der Waals surface area contributed by atoms with Gasteiger partial charge in [0.1, 0.15) is 0 Å². The standard InChI is InChI=1S/C9H16Si.Zr/c1-5-6(2)8(4)9(10)7(5)3;/h7H,1-4,10H3;. The number of hydrogen-bond acceptors (Lipinski definition) is 0. The summed E-state index contributed by atoms with van der Waals surface area (Å²) in [6.07, 6.45) is 0. The molecule has 60 valence electrons. The minimum atomic E-state index is 0. The third-order valence-electron chi connectivity index (χ3n) is 3.04. The van der Waals surface area contributed by atoms with Crippen molar-refractivity contribution in [3.05, 3.63) is 21.9 Å². The molecule has 0 saturated heterocycles. The fourth-order valence-corrected chi connectivity index (χ4v) is 2.37. The number of rotatable bonds is 0. The van der Waals surface area contributed by atoms with Crippen molar-refractivity contribution in [2.45, 2.75) is 27.7 Å². The van der Waals surface area contributed by atoms with E-state index < -0.39 is 0 Å². The van der Waals surface area contributed by atoms with Crippen LogP contribution in [0.2, 0.25) is 0 Å². The molecule has 0 bridgehead atoms. The number of allylic oxidation sites excluding steroid dienone is 4. The zero-order valence-corrected chi connectivity index (χ0v) is 12.5. The van der Waals surface area contributed by atoms with Crippen LogP contribution in [0.25, 0.3) is 0 Å². The molecule has 0 spiro atoms. The molecule has 0 radical (unpaired) electrons. The Hall–Kier alpha value is 0.580. The van der Waals surface area contributed by atoms with E-state index in [9.17, 15) is 0 Å². The van der Waals surface area contributed by atoms with Gasteiger partial charge in [0, 0.05) is 36.4 Å². The van der Waals surface area contributed by atoms with Gasteiger partial charge in [-0.15, -0.1) is 0 Å². The Morgan fingerprint density at radius 3 is 1.64 bits per heavy atom. The Kier molecular flexibility index (Phi) is 4.21. The second-order valence-corrected chi connectivity index (χ2v) is 4.42. The summed E-state index contributed by atoms with van der Waals surface area (Å²) in [4.78, 5) is 0. The van der Waals surface area contributed by atoms with Crippen LogP contribution >= 0.6 is 0 Å². The molecular weight excluding hydrogens is 227 g/mol. The van der Waals surface area contributed by atoms with Crippen LogP contribution in [0.5, 0.6) is 0 Å². The molecule has 0 fully saturated rings. The quantitative estimate of drug-likeness (QED) is 0.567. The van der Waals surface area contributed by atoms with Gasteiger partial charge in [-0.05, 0) is 32.3 Å². The van der Waals surface area contributed by atoms with Crippen molar-refractivity contribution < 1.29 is 26.2 Å². The molecule has 1 aliphatic rings. The van der Waals surface area contributed by atoms with E-state index in [0.29, 0.717) is 0 Å². The maximum atomic E-state index is 2.32. The summed E-state index contributed by atoms with van der Waals surface area (Å²) in [5, 5.41) is 1.69. The van der Waals surface area contributed by atoms with Gasteiger partial charge in [0.05, 0.1) is 0 Å². The van der Waals surface area contributed by atoms with Crippen LogP contribution in [0.4, 0.5) is 0 Å². The zero-order valence-electron chi connectivity index (χ0n) is 8.08. The van der Waals surface area contributed by atoms with Crippen LogP contribution in [0.1, 0.15) is 27.7 Å². The van der Waals surface area contributed by atoms with Gasteiger partial charge in [-0.3, -0.25) is 0 Å². The normalized spacial score (nSPS) is 24.5. The molecule has 0 amide bonds. The summed E-state index contributed by atoms with van der Waals surface area (Å²) >= 11 is 0. The first kappa shape index (κ1) is 11.6. The van der Waals surface area contributed by atoms with Crippen molar-refractivity contribution in [3.63, 3.8) is 0 Å². The van der Waals surface area contributed by atoms with Crippen molar-refractivity contribution in [1.82, 2.24) is 0 Å². The summed E-state index contributed by atoms with van der Waals surface area (Å²) in [5.74, 6) is 0.756. The summed E-state index contributed by atoms with van der Waals surface area (Å²) in [6, 6.07) is 0. The molecule has 1 atom stereocenters. The maximum absolute atomic E-state index is 2.32. The second kappa shape index (κ2) is 4.00. The molecule has 0 aromatic heterocycles. The SMILES string of the molecule is CC1=C(C)C(C)C([SiH3])=C1C.[Zr]. The van der Waals surface area contributed by atoms with Crippen LogP contribution < -0.4 is 0 Å². The second-order valence-electron chi connectivity index (χ2n) is 3.34. The zero-order chi connectivity index (χ0) is 7.89. The van der Waals surface area contributed by atoms with Crippen molar-refractivity contribution >= 4 is 10.2 Å². The van der Waals surface area contributed by atoms with Gasteiger partial charge in [-0.2, -0.15) is 0 Å². The Balaban J connectivity index is 0.000001000. The molecule has 0 aliphatic heterocycles. The summed E-state index contributed by atoms with van der Waals surface area (Å²) in [6.45, 7) is 9.07. The van der Waals surface area contributed by atoms with E-state index in [2.05, 4.69) is 27.7 Å². The average Bonchev–Trinajstić information content (AvgIpc) is 2.07. The monoisotopic (exact) mass is 242 g/mol. The molecule has 0 nitrogen and oxygen atoms in total. The van der Waals surface area contributed by atoms with E-state index in [0.717, 1.165) is 5.92 Å². The smallest absolute Gasteiger partial charge is 0.0344 e. The fourth-order valence-electron chi connectivity index (χ4n) is 1.57. The Labute approximate surface area is 91.7 Å². The van der Waals surface area contributed by atoms with E-state index >= 15 is 0 Å². The molecule has 1 aliphatic carbocycles. The van der Waals surface area contributed by atoms with Gasteiger partial charge < -0.3 is 0 Å². The van der Waals surface area contributed by atoms with Crippen LogP contribution in [0, 0.1) is 5.92 Å². The van der Waals surface area contributed by atoms with Gasteiger partial charge >= 0.3 is 0 Å². The Bertz CT molecular complexity index is 202. The molecule has 0 N–H and O–H groups in total.